The number of methoxy groups -OCH3 is 3. The Bertz CT molecular complexity index is 2560. The number of carbonyl (C=O) groups is 3. The zero-order chi connectivity index (χ0) is 44.9. The molecule has 13 nitrogen and oxygen atoms in total. The van der Waals surface area contributed by atoms with Gasteiger partial charge in [0.15, 0.2) is 0 Å². The van der Waals surface area contributed by atoms with Crippen molar-refractivity contribution in [2.45, 2.75) is 98.2 Å². The van der Waals surface area contributed by atoms with Crippen LogP contribution in [0.3, 0.4) is 0 Å². The number of hydrogen-bond donors (Lipinski definition) is 0. The van der Waals surface area contributed by atoms with E-state index in [-0.39, 0.29) is 32.9 Å². The maximum atomic E-state index is 14.0. The van der Waals surface area contributed by atoms with Crippen LogP contribution in [0.1, 0.15) is 110 Å². The van der Waals surface area contributed by atoms with Crippen LogP contribution in [0.25, 0.3) is 28.9 Å². The van der Waals surface area contributed by atoms with Crippen LogP contribution in [0.15, 0.2) is 50.8 Å². The zero-order valence-electron chi connectivity index (χ0n) is 36.9. The van der Waals surface area contributed by atoms with Crippen LogP contribution in [0, 0.1) is 0 Å². The summed E-state index contributed by atoms with van der Waals surface area (Å²) in [4.78, 5) is 83.2. The molecular weight excluding hydrogens is 977 g/mol. The fourth-order valence-electron chi connectivity index (χ4n) is 7.07. The third-order valence-electron chi connectivity index (χ3n) is 10.9. The van der Waals surface area contributed by atoms with Gasteiger partial charge in [-0.3, -0.25) is 0 Å². The minimum atomic E-state index is -0.493. The van der Waals surface area contributed by atoms with Gasteiger partial charge in [-0.2, -0.15) is 0 Å². The van der Waals surface area contributed by atoms with Gasteiger partial charge in [-0.15, -0.1) is 0 Å². The zero-order valence-corrected chi connectivity index (χ0v) is 42.0. The molecule has 0 spiro atoms. The molecule has 0 aliphatic heterocycles. The summed E-state index contributed by atoms with van der Waals surface area (Å²) < 4.78 is 22.9. The van der Waals surface area contributed by atoms with E-state index < -0.39 is 62.1 Å². The number of rotatable bonds is 12. The number of aromatic nitrogens is 3. The second-order valence-electron chi connectivity index (χ2n) is 18.3. The summed E-state index contributed by atoms with van der Waals surface area (Å²) in [5.41, 5.74) is 2.44. The van der Waals surface area contributed by atoms with E-state index in [1.807, 2.05) is 98.7 Å². The molecule has 0 aliphatic rings. The van der Waals surface area contributed by atoms with E-state index >= 15 is 0 Å². The molecule has 0 saturated carbocycles. The van der Waals surface area contributed by atoms with E-state index in [4.69, 9.17) is 14.2 Å². The van der Waals surface area contributed by atoms with Gasteiger partial charge in [0.05, 0.1) is 0 Å². The average Bonchev–Trinajstić information content (AvgIpc) is 3.83. The molecule has 0 atom stereocenters. The van der Waals surface area contributed by atoms with Crippen molar-refractivity contribution in [3.05, 3.63) is 101 Å². The molecule has 0 fully saturated rings. The Hall–Kier alpha value is -4.00. The van der Waals surface area contributed by atoms with Crippen LogP contribution in [0.4, 0.5) is 0 Å². The van der Waals surface area contributed by atoms with Crippen LogP contribution < -0.4 is 16.7 Å². The van der Waals surface area contributed by atoms with Gasteiger partial charge in [0.2, 0.25) is 0 Å². The number of benzene rings is 3. The molecule has 0 amide bonds. The summed E-state index contributed by atoms with van der Waals surface area (Å²) in [6, 6.07) is 11.2. The predicted octanol–water partition coefficient (Wildman–Crippen LogP) is 4.76. The van der Waals surface area contributed by atoms with Gasteiger partial charge in [0.25, 0.3) is 0 Å². The van der Waals surface area contributed by atoms with Crippen molar-refractivity contribution in [1.82, 2.24) is 15.6 Å². The van der Waals surface area contributed by atoms with Gasteiger partial charge < -0.3 is 0 Å². The normalized spacial score (nSPS) is 12.5. The van der Waals surface area contributed by atoms with Crippen LogP contribution in [-0.2, 0) is 50.1 Å². The fraction of sp³-hybridized carbons (Fsp3) is 0.467. The first kappa shape index (κ1) is 46.5. The predicted molar refractivity (Wildman–Crippen MR) is 242 cm³/mol. The molecule has 3 heterocycles. The van der Waals surface area contributed by atoms with E-state index in [9.17, 15) is 28.8 Å². The first-order valence-electron chi connectivity index (χ1n) is 20.0. The minimum absolute atomic E-state index is 0.150. The third kappa shape index (κ3) is 9.51. The van der Waals surface area contributed by atoms with Crippen LogP contribution >= 0.6 is 0 Å². The molecule has 16 heteroatoms. The van der Waals surface area contributed by atoms with Crippen molar-refractivity contribution in [2.24, 2.45) is 0 Å². The summed E-state index contributed by atoms with van der Waals surface area (Å²) in [6.07, 6.45) is 0. The first-order chi connectivity index (χ1) is 28.5. The Balaban J connectivity index is 1.38. The fourth-order valence-corrected chi connectivity index (χ4v) is 13.7. The number of carbonyl (C=O) groups excluding carboxylic acids is 3. The maximum absolute atomic E-state index is 14.0. The number of nitrogens with zero attached hydrogens (tertiary/aromatic N) is 4. The number of fused-ring (bicyclic) bond motifs is 3. The third-order valence-corrected chi connectivity index (χ3v) is 18.4. The summed E-state index contributed by atoms with van der Waals surface area (Å²) in [5, 5.41) is 1.54. The van der Waals surface area contributed by atoms with E-state index in [1.165, 1.54) is 21.3 Å². The van der Waals surface area contributed by atoms with Gasteiger partial charge in [-0.05, 0) is 0 Å². The van der Waals surface area contributed by atoms with Gasteiger partial charge >= 0.3 is 375 Å². The summed E-state index contributed by atoms with van der Waals surface area (Å²) in [6.45, 7) is 20.6. The Morgan fingerprint density at radius 3 is 0.934 bits per heavy atom. The molecule has 0 bridgehead atoms. The first-order valence-corrected chi connectivity index (χ1v) is 24.9. The second kappa shape index (κ2) is 17.6. The molecule has 0 N–H and O–H groups in total. The average molecular weight is 1030 g/mol. The van der Waals surface area contributed by atoms with Gasteiger partial charge in [-0.1, -0.05) is 0 Å². The summed E-state index contributed by atoms with van der Waals surface area (Å²) >= 11 is -1.48. The number of ether oxygens (including phenoxy) is 3. The van der Waals surface area contributed by atoms with E-state index in [2.05, 4.69) is 4.90 Å². The topological polar surface area (TPSA) is 148 Å². The summed E-state index contributed by atoms with van der Waals surface area (Å²) in [7, 11) is 4.02. The standard InChI is InChI=1S/C45H54N4O9Se3/c1-43(2,3)25-19-28-34(31(22-25)40(53)56-10)59-47(37(28)50)16-13-46(14-17-48-38(51)29-20-26(44(4,5)6)23-32(35(29)60-48)41(54)57-11)15-18-49-39(52)30-21-27(45(7,8)9)24-33(36(30)61-49)42(55)58-12/h19-24H,13-18H2,1-12H3. The molecule has 3 aromatic heterocycles. The molecule has 3 aromatic carbocycles. The molecule has 6 rings (SSSR count). The Morgan fingerprint density at radius 2 is 0.721 bits per heavy atom. The number of esters is 3. The SMILES string of the molecule is COC(=O)c1cc(C(C)(C)C)cc2c(=O)n(CCN(CCn3[se]c4c(C(=O)OC)cc(C(C)(C)C)cc4c3=O)CCn3[se]c4c(C(=O)OC)cc(C(C)(C)C)cc4c3=O)[se]c12. The van der Waals surface area contributed by atoms with Gasteiger partial charge in [-0.25, -0.2) is 0 Å². The summed E-state index contributed by atoms with van der Waals surface area (Å²) in [5.74, 6) is -1.44. The molecule has 0 unspecified atom stereocenters. The molecule has 0 saturated heterocycles. The van der Waals surface area contributed by atoms with E-state index in [0.29, 0.717) is 84.9 Å². The quantitative estimate of drug-likeness (QED) is 0.0956. The Morgan fingerprint density at radius 1 is 0.475 bits per heavy atom. The van der Waals surface area contributed by atoms with Crippen LogP contribution in [0.2, 0.25) is 0 Å². The van der Waals surface area contributed by atoms with Crippen molar-refractivity contribution in [2.75, 3.05) is 41.0 Å². The van der Waals surface area contributed by atoms with Crippen molar-refractivity contribution in [3.8, 4) is 0 Å². The van der Waals surface area contributed by atoms with Crippen molar-refractivity contribution in [1.29, 1.82) is 0 Å². The van der Waals surface area contributed by atoms with Crippen LogP contribution in [-0.4, -0.2) is 119 Å². The molecular formula is C45H54N4O9Se3. The Labute approximate surface area is 373 Å². The Kier molecular flexibility index (Phi) is 13.4. The van der Waals surface area contributed by atoms with E-state index in [0.717, 1.165) is 16.7 Å². The van der Waals surface area contributed by atoms with Gasteiger partial charge in [0, 0.05) is 0 Å². The van der Waals surface area contributed by atoms with Crippen molar-refractivity contribution < 1.29 is 28.6 Å². The molecule has 6 aromatic rings. The van der Waals surface area contributed by atoms with E-state index in [1.54, 1.807) is 10.7 Å². The molecule has 61 heavy (non-hydrogen) atoms. The van der Waals surface area contributed by atoms with Crippen LogP contribution in [0.5, 0.6) is 0 Å². The van der Waals surface area contributed by atoms with Gasteiger partial charge in [0.1, 0.15) is 0 Å². The van der Waals surface area contributed by atoms with Crippen molar-refractivity contribution >= 4 is 91.0 Å². The molecule has 326 valence electrons. The second-order valence-corrected chi connectivity index (χ2v) is 24.8. The van der Waals surface area contributed by atoms with Crippen molar-refractivity contribution in [3.63, 3.8) is 0 Å². The molecule has 0 aliphatic carbocycles. The number of hydrogen-bond acceptors (Lipinski definition) is 10. The monoisotopic (exact) mass is 1030 g/mol. The molecule has 0 radical (unpaired) electrons.